The zero-order valence-electron chi connectivity index (χ0n) is 19.4. The minimum absolute atomic E-state index is 0.0239. The Bertz CT molecular complexity index is 1070. The molecule has 3 aromatic carbocycles. The van der Waals surface area contributed by atoms with Crippen molar-refractivity contribution in [1.29, 1.82) is 0 Å². The van der Waals surface area contributed by atoms with E-state index in [1.807, 2.05) is 0 Å². The van der Waals surface area contributed by atoms with Crippen LogP contribution in [0.4, 0.5) is 0 Å². The molecule has 4 rings (SSSR count). The molecule has 0 aliphatic carbocycles. The van der Waals surface area contributed by atoms with E-state index in [9.17, 15) is 0 Å². The Labute approximate surface area is 193 Å². The molecule has 32 heavy (non-hydrogen) atoms. The number of benzene rings is 3. The van der Waals surface area contributed by atoms with E-state index >= 15 is 0 Å². The number of para-hydroxylation sites is 1. The van der Waals surface area contributed by atoms with E-state index in [0.29, 0.717) is 6.04 Å². The largest absolute Gasteiger partial charge is 0.249 e. The summed E-state index contributed by atoms with van der Waals surface area (Å²) in [4.78, 5) is 0. The summed E-state index contributed by atoms with van der Waals surface area (Å²) in [6.07, 6.45) is 12.6. The molecule has 1 aromatic heterocycles. The Morgan fingerprint density at radius 3 is 2.09 bits per heavy atom. The molecule has 4 aromatic rings. The van der Waals surface area contributed by atoms with Crippen molar-refractivity contribution in [3.63, 3.8) is 0 Å². The maximum absolute atomic E-state index is 2.46. The van der Waals surface area contributed by atoms with Crippen LogP contribution in [0.2, 0.25) is 0 Å². The third-order valence-electron chi connectivity index (χ3n) is 6.74. The number of nitrogens with zero attached hydrogens (tertiary/aromatic N) is 2. The van der Waals surface area contributed by atoms with E-state index in [4.69, 9.17) is 0 Å². The molecule has 0 aliphatic heterocycles. The third kappa shape index (κ3) is 5.02. The maximum Gasteiger partial charge on any atom is 0.249 e. The fourth-order valence-electron chi connectivity index (χ4n) is 4.94. The molecule has 0 spiro atoms. The van der Waals surface area contributed by atoms with E-state index in [-0.39, 0.29) is 5.41 Å². The van der Waals surface area contributed by atoms with E-state index in [0.717, 1.165) is 12.8 Å². The summed E-state index contributed by atoms with van der Waals surface area (Å²) in [7, 11) is 0. The quantitative estimate of drug-likeness (QED) is 0.190. The van der Waals surface area contributed by atoms with Crippen LogP contribution >= 0.6 is 0 Å². The second-order valence-corrected chi connectivity index (χ2v) is 9.06. The Balaban J connectivity index is 1.76. The Morgan fingerprint density at radius 2 is 1.44 bits per heavy atom. The van der Waals surface area contributed by atoms with Crippen molar-refractivity contribution in [3.8, 4) is 5.69 Å². The minimum Gasteiger partial charge on any atom is -0.233 e. The number of unbranched alkanes of at least 4 members (excludes halogenated alkanes) is 2. The van der Waals surface area contributed by atoms with Crippen molar-refractivity contribution in [2.45, 2.75) is 57.4 Å². The lowest BCUT2D eigenvalue weighted by atomic mass is 9.70. The number of rotatable bonds is 10. The van der Waals surface area contributed by atoms with Crippen LogP contribution in [0.5, 0.6) is 0 Å². The van der Waals surface area contributed by atoms with Gasteiger partial charge in [0.15, 0.2) is 0 Å². The van der Waals surface area contributed by atoms with Crippen LogP contribution in [0.25, 0.3) is 5.69 Å². The van der Waals surface area contributed by atoms with Crippen LogP contribution < -0.4 is 4.57 Å². The lowest BCUT2D eigenvalue weighted by molar-refractivity contribution is -0.732. The van der Waals surface area contributed by atoms with Gasteiger partial charge in [-0.15, -0.1) is 0 Å². The molecule has 2 atom stereocenters. The first-order chi connectivity index (χ1) is 15.7. The van der Waals surface area contributed by atoms with Crippen molar-refractivity contribution >= 4 is 0 Å². The fraction of sp³-hybridized carbons (Fsp3) is 0.300. The maximum atomic E-state index is 2.46. The van der Waals surface area contributed by atoms with Crippen molar-refractivity contribution in [2.75, 3.05) is 0 Å². The summed E-state index contributed by atoms with van der Waals surface area (Å²) < 4.78 is 4.69. The third-order valence-corrected chi connectivity index (χ3v) is 6.74. The Kier molecular flexibility index (Phi) is 7.21. The summed E-state index contributed by atoms with van der Waals surface area (Å²) in [5.74, 6) is 0. The average Bonchev–Trinajstić information content (AvgIpc) is 3.33. The molecule has 164 valence electrons. The standard InChI is InChI=1S/C30H35N2/c1-3-4-8-21-29(32-23-22-31(25-32)28-19-13-7-14-20-28)30(2,27-17-11-6-12-18-27)24-26-15-9-5-10-16-26/h5-7,9-20,22-23,25,29H,3-4,8,21,24H2,1-2H3/q+1. The van der Waals surface area contributed by atoms with Crippen LogP contribution in [-0.4, -0.2) is 4.57 Å². The number of imidazole rings is 1. The molecule has 1 heterocycles. The number of hydrogen-bond acceptors (Lipinski definition) is 0. The summed E-state index contributed by atoms with van der Waals surface area (Å²) in [5.41, 5.74) is 3.97. The van der Waals surface area contributed by atoms with Gasteiger partial charge in [-0.25, -0.2) is 9.13 Å². The Morgan fingerprint density at radius 1 is 0.812 bits per heavy atom. The predicted molar refractivity (Wildman–Crippen MR) is 133 cm³/mol. The van der Waals surface area contributed by atoms with Gasteiger partial charge < -0.3 is 0 Å². The van der Waals surface area contributed by atoms with Crippen molar-refractivity contribution in [2.24, 2.45) is 0 Å². The van der Waals surface area contributed by atoms with Crippen molar-refractivity contribution in [3.05, 3.63) is 121 Å². The summed E-state index contributed by atoms with van der Waals surface area (Å²) in [6, 6.07) is 33.0. The highest BCUT2D eigenvalue weighted by atomic mass is 15.1. The highest BCUT2D eigenvalue weighted by Crippen LogP contribution is 2.39. The van der Waals surface area contributed by atoms with Gasteiger partial charge in [0.05, 0.1) is 0 Å². The molecule has 0 bridgehead atoms. The van der Waals surface area contributed by atoms with Gasteiger partial charge in [-0.1, -0.05) is 106 Å². The lowest BCUT2D eigenvalue weighted by Gasteiger charge is -2.37. The monoisotopic (exact) mass is 423 g/mol. The van der Waals surface area contributed by atoms with Crippen LogP contribution in [0.15, 0.2) is 110 Å². The molecular formula is C30H35N2+. The smallest absolute Gasteiger partial charge is 0.233 e. The minimum atomic E-state index is -0.0239. The van der Waals surface area contributed by atoms with Gasteiger partial charge in [0.25, 0.3) is 0 Å². The molecule has 0 fully saturated rings. The fourth-order valence-corrected chi connectivity index (χ4v) is 4.94. The molecule has 2 heteroatoms. The van der Waals surface area contributed by atoms with Crippen LogP contribution in [0, 0.1) is 0 Å². The summed E-state index contributed by atoms with van der Waals surface area (Å²) in [6.45, 7) is 4.74. The topological polar surface area (TPSA) is 8.81 Å². The highest BCUT2D eigenvalue weighted by molar-refractivity contribution is 5.31. The second kappa shape index (κ2) is 10.5. The zero-order chi connectivity index (χ0) is 22.2. The molecule has 0 radical (unpaired) electrons. The lowest BCUT2D eigenvalue weighted by Crippen LogP contribution is -2.50. The van der Waals surface area contributed by atoms with Gasteiger partial charge in [-0.3, -0.25) is 0 Å². The van der Waals surface area contributed by atoms with E-state index in [2.05, 4.69) is 133 Å². The number of aromatic nitrogens is 2. The van der Waals surface area contributed by atoms with Gasteiger partial charge in [0.2, 0.25) is 6.33 Å². The van der Waals surface area contributed by atoms with Gasteiger partial charge in [-0.2, -0.15) is 0 Å². The van der Waals surface area contributed by atoms with Gasteiger partial charge in [0.1, 0.15) is 24.1 Å². The highest BCUT2D eigenvalue weighted by Gasteiger charge is 2.40. The second-order valence-electron chi connectivity index (χ2n) is 9.06. The van der Waals surface area contributed by atoms with Crippen molar-refractivity contribution in [1.82, 2.24) is 4.57 Å². The van der Waals surface area contributed by atoms with Crippen LogP contribution in [0.1, 0.15) is 56.7 Å². The van der Waals surface area contributed by atoms with Crippen LogP contribution in [0.3, 0.4) is 0 Å². The molecule has 2 unspecified atom stereocenters. The first kappa shape index (κ1) is 22.1. The SMILES string of the molecule is CCCCCC([n+]1ccn(-c2ccccc2)c1)C(C)(Cc1ccccc1)c1ccccc1. The molecule has 2 nitrogen and oxygen atoms in total. The van der Waals surface area contributed by atoms with Crippen molar-refractivity contribution < 1.29 is 4.57 Å². The molecule has 0 saturated carbocycles. The van der Waals surface area contributed by atoms with E-state index in [1.54, 1.807) is 0 Å². The Hall–Kier alpha value is -3.13. The van der Waals surface area contributed by atoms with Crippen LogP contribution in [-0.2, 0) is 11.8 Å². The molecular weight excluding hydrogens is 388 g/mol. The van der Waals surface area contributed by atoms with Gasteiger partial charge in [0, 0.05) is 5.41 Å². The molecule has 0 amide bonds. The first-order valence-corrected chi connectivity index (χ1v) is 11.9. The molecule has 0 N–H and O–H groups in total. The first-order valence-electron chi connectivity index (χ1n) is 11.9. The molecule has 0 aliphatic rings. The predicted octanol–water partition coefficient (Wildman–Crippen LogP) is 7.09. The normalized spacial score (nSPS) is 14.1. The summed E-state index contributed by atoms with van der Waals surface area (Å²) in [5, 5.41) is 0. The van der Waals surface area contributed by atoms with Gasteiger partial charge >= 0.3 is 0 Å². The van der Waals surface area contributed by atoms with Gasteiger partial charge in [-0.05, 0) is 42.5 Å². The average molecular weight is 424 g/mol. The summed E-state index contributed by atoms with van der Waals surface area (Å²) >= 11 is 0. The zero-order valence-corrected chi connectivity index (χ0v) is 19.4. The molecule has 0 saturated heterocycles. The van der Waals surface area contributed by atoms with E-state index < -0.39 is 0 Å². The van der Waals surface area contributed by atoms with E-state index in [1.165, 1.54) is 36.1 Å². The number of hydrogen-bond donors (Lipinski definition) is 0.